The zero-order valence-electron chi connectivity index (χ0n) is 18.0. The number of nitrogens with one attached hydrogen (secondary N) is 2. The average molecular weight is 413 g/mol. The normalized spacial score (nSPS) is 25.1. The highest BCUT2D eigenvalue weighted by Crippen LogP contribution is 2.31. The Morgan fingerprint density at radius 1 is 1.20 bits per heavy atom. The molecule has 2 fully saturated rings. The molecule has 0 unspecified atom stereocenters. The first-order valence-corrected chi connectivity index (χ1v) is 11.0. The predicted octanol–water partition coefficient (Wildman–Crippen LogP) is 0.639. The molecule has 3 aliphatic heterocycles. The number of likely N-dealkylation sites (tertiary alicyclic amines) is 1. The standard InChI is InChI=1S/C21H32N8O/c1-27-12-17-18(13-27)25-21(30-14-16-4-3-8-28(16)2)26-20(17)29-9-7-22-15(11-29)10-19-23-5-6-24-19/h5-6,15-16,22H,3-4,7-14H2,1-2H3,(H,23,24)/t15-,16-/m0/s1. The lowest BCUT2D eigenvalue weighted by atomic mass is 10.1. The molecule has 0 aromatic carbocycles. The number of likely N-dealkylation sites (N-methyl/N-ethyl adjacent to an activating group) is 1. The highest BCUT2D eigenvalue weighted by Gasteiger charge is 2.30. The third-order valence-electron chi connectivity index (χ3n) is 6.52. The zero-order chi connectivity index (χ0) is 20.5. The summed E-state index contributed by atoms with van der Waals surface area (Å²) in [5, 5.41) is 3.62. The second kappa shape index (κ2) is 8.49. The van der Waals surface area contributed by atoms with Gasteiger partial charge in [-0.1, -0.05) is 0 Å². The zero-order valence-corrected chi connectivity index (χ0v) is 18.0. The maximum Gasteiger partial charge on any atom is 0.318 e. The largest absolute Gasteiger partial charge is 0.462 e. The molecule has 0 bridgehead atoms. The Hall–Kier alpha value is -2.23. The molecule has 0 amide bonds. The molecule has 3 aliphatic rings. The lowest BCUT2D eigenvalue weighted by Gasteiger charge is -2.35. The van der Waals surface area contributed by atoms with Crippen LogP contribution in [-0.2, 0) is 19.5 Å². The molecule has 0 radical (unpaired) electrons. The maximum absolute atomic E-state index is 6.12. The molecule has 0 aliphatic carbocycles. The van der Waals surface area contributed by atoms with Gasteiger partial charge in [0.05, 0.1) is 5.69 Å². The number of hydrogen-bond acceptors (Lipinski definition) is 8. The summed E-state index contributed by atoms with van der Waals surface area (Å²) in [6.45, 7) is 6.32. The minimum atomic E-state index is 0.339. The summed E-state index contributed by atoms with van der Waals surface area (Å²) in [5.41, 5.74) is 2.36. The van der Waals surface area contributed by atoms with Crippen molar-refractivity contribution < 1.29 is 4.74 Å². The molecule has 9 nitrogen and oxygen atoms in total. The Balaban J connectivity index is 1.34. The van der Waals surface area contributed by atoms with Crippen LogP contribution in [0.5, 0.6) is 6.01 Å². The van der Waals surface area contributed by atoms with E-state index in [9.17, 15) is 0 Å². The van der Waals surface area contributed by atoms with Gasteiger partial charge in [-0.05, 0) is 33.5 Å². The Morgan fingerprint density at radius 3 is 2.93 bits per heavy atom. The molecule has 5 heterocycles. The highest BCUT2D eigenvalue weighted by atomic mass is 16.5. The van der Waals surface area contributed by atoms with Gasteiger partial charge in [-0.25, -0.2) is 4.98 Å². The Morgan fingerprint density at radius 2 is 2.13 bits per heavy atom. The van der Waals surface area contributed by atoms with E-state index in [1.165, 1.54) is 18.4 Å². The molecular formula is C21H32N8O. The Kier molecular flexibility index (Phi) is 5.58. The van der Waals surface area contributed by atoms with Gasteiger partial charge >= 0.3 is 6.01 Å². The third kappa shape index (κ3) is 4.14. The second-order valence-corrected chi connectivity index (χ2v) is 8.85. The van der Waals surface area contributed by atoms with Crippen molar-refractivity contribution >= 4 is 5.82 Å². The van der Waals surface area contributed by atoms with Crippen LogP contribution in [0.3, 0.4) is 0 Å². The molecule has 2 saturated heterocycles. The minimum absolute atomic E-state index is 0.339. The number of H-pyrrole nitrogens is 1. The smallest absolute Gasteiger partial charge is 0.318 e. The summed E-state index contributed by atoms with van der Waals surface area (Å²) < 4.78 is 6.12. The average Bonchev–Trinajstić information content (AvgIpc) is 3.47. The number of fused-ring (bicyclic) bond motifs is 1. The van der Waals surface area contributed by atoms with Gasteiger partial charge in [-0.2, -0.15) is 9.97 Å². The maximum atomic E-state index is 6.12. The van der Waals surface area contributed by atoms with E-state index in [4.69, 9.17) is 14.7 Å². The SMILES string of the molecule is CN1Cc2nc(OC[C@@H]3CCCN3C)nc(N3CCN[C@@H](Cc4ncc[nH]4)C3)c2C1. The van der Waals surface area contributed by atoms with E-state index >= 15 is 0 Å². The molecular weight excluding hydrogens is 380 g/mol. The molecule has 0 spiro atoms. The van der Waals surface area contributed by atoms with E-state index in [1.807, 2.05) is 12.4 Å². The lowest BCUT2D eigenvalue weighted by molar-refractivity contribution is 0.187. The highest BCUT2D eigenvalue weighted by molar-refractivity contribution is 5.52. The van der Waals surface area contributed by atoms with Crippen LogP contribution in [0.1, 0.15) is 29.9 Å². The van der Waals surface area contributed by atoms with Crippen molar-refractivity contribution in [2.24, 2.45) is 0 Å². The number of piperazine rings is 1. The quantitative estimate of drug-likeness (QED) is 0.715. The van der Waals surface area contributed by atoms with Crippen LogP contribution in [0.4, 0.5) is 5.82 Å². The minimum Gasteiger partial charge on any atom is -0.462 e. The molecule has 30 heavy (non-hydrogen) atoms. The van der Waals surface area contributed by atoms with Gasteiger partial charge in [0.15, 0.2) is 0 Å². The van der Waals surface area contributed by atoms with Gasteiger partial charge in [0.25, 0.3) is 0 Å². The van der Waals surface area contributed by atoms with Gasteiger partial charge in [0.1, 0.15) is 18.2 Å². The fraction of sp³-hybridized carbons (Fsp3) is 0.667. The lowest BCUT2D eigenvalue weighted by Crippen LogP contribution is -2.52. The van der Waals surface area contributed by atoms with Crippen molar-refractivity contribution in [3.63, 3.8) is 0 Å². The topological polar surface area (TPSA) is 85.4 Å². The molecule has 2 atom stereocenters. The fourth-order valence-electron chi connectivity index (χ4n) is 4.85. The first-order chi connectivity index (χ1) is 14.7. The van der Waals surface area contributed by atoms with Gasteiger partial charge < -0.3 is 24.8 Å². The molecule has 2 aromatic heterocycles. The van der Waals surface area contributed by atoms with Crippen molar-refractivity contribution in [1.29, 1.82) is 0 Å². The first-order valence-electron chi connectivity index (χ1n) is 11.0. The van der Waals surface area contributed by atoms with Gasteiger partial charge in [0.2, 0.25) is 0 Å². The molecule has 0 saturated carbocycles. The van der Waals surface area contributed by atoms with E-state index in [0.29, 0.717) is 24.7 Å². The Bertz CT molecular complexity index is 857. The number of hydrogen-bond donors (Lipinski definition) is 2. The number of aromatic amines is 1. The first kappa shape index (κ1) is 19.7. The summed E-state index contributed by atoms with van der Waals surface area (Å²) in [6.07, 6.45) is 7.00. The van der Waals surface area contributed by atoms with Crippen LogP contribution in [0.25, 0.3) is 0 Å². The van der Waals surface area contributed by atoms with Crippen molar-refractivity contribution in [1.82, 2.24) is 35.1 Å². The van der Waals surface area contributed by atoms with Crippen LogP contribution in [0, 0.1) is 0 Å². The van der Waals surface area contributed by atoms with Crippen LogP contribution in [0.2, 0.25) is 0 Å². The number of anilines is 1. The van der Waals surface area contributed by atoms with E-state index < -0.39 is 0 Å². The van der Waals surface area contributed by atoms with Gasteiger partial charge in [0, 0.05) is 69.2 Å². The van der Waals surface area contributed by atoms with E-state index in [2.05, 4.69) is 44.1 Å². The molecule has 5 rings (SSSR count). The third-order valence-corrected chi connectivity index (χ3v) is 6.52. The summed E-state index contributed by atoms with van der Waals surface area (Å²) >= 11 is 0. The molecule has 2 N–H and O–H groups in total. The Labute approximate surface area is 177 Å². The summed E-state index contributed by atoms with van der Waals surface area (Å²) in [7, 11) is 4.31. The predicted molar refractivity (Wildman–Crippen MR) is 115 cm³/mol. The van der Waals surface area contributed by atoms with E-state index in [0.717, 1.165) is 63.0 Å². The summed E-state index contributed by atoms with van der Waals surface area (Å²) in [6, 6.07) is 1.33. The summed E-state index contributed by atoms with van der Waals surface area (Å²) in [4.78, 5) is 24.4. The number of aromatic nitrogens is 4. The van der Waals surface area contributed by atoms with Crippen LogP contribution >= 0.6 is 0 Å². The van der Waals surface area contributed by atoms with Crippen molar-refractivity contribution in [2.45, 2.75) is 44.4 Å². The summed E-state index contributed by atoms with van der Waals surface area (Å²) in [5.74, 6) is 2.07. The fourth-order valence-corrected chi connectivity index (χ4v) is 4.85. The van der Waals surface area contributed by atoms with Crippen molar-refractivity contribution in [2.75, 3.05) is 51.8 Å². The second-order valence-electron chi connectivity index (χ2n) is 8.85. The monoisotopic (exact) mass is 412 g/mol. The molecule has 2 aromatic rings. The van der Waals surface area contributed by atoms with Crippen LogP contribution < -0.4 is 15.0 Å². The van der Waals surface area contributed by atoms with Gasteiger partial charge in [-0.15, -0.1) is 0 Å². The van der Waals surface area contributed by atoms with Gasteiger partial charge in [-0.3, -0.25) is 4.90 Å². The number of nitrogens with zero attached hydrogens (tertiary/aromatic N) is 6. The molecule has 162 valence electrons. The van der Waals surface area contributed by atoms with Crippen LogP contribution in [0.15, 0.2) is 12.4 Å². The number of imidazole rings is 1. The van der Waals surface area contributed by atoms with Crippen LogP contribution in [-0.4, -0.2) is 88.7 Å². The van der Waals surface area contributed by atoms with E-state index in [1.54, 1.807) is 0 Å². The van der Waals surface area contributed by atoms with Crippen molar-refractivity contribution in [3.05, 3.63) is 29.5 Å². The number of rotatable bonds is 6. The van der Waals surface area contributed by atoms with E-state index in [-0.39, 0.29) is 0 Å². The van der Waals surface area contributed by atoms with Crippen molar-refractivity contribution in [3.8, 4) is 6.01 Å². The number of ether oxygens (including phenoxy) is 1. The molecule has 9 heteroatoms.